The number of nitrogens with zero attached hydrogens (tertiary/aromatic N) is 3. The third-order valence-corrected chi connectivity index (χ3v) is 6.98. The highest BCUT2D eigenvalue weighted by Crippen LogP contribution is 2.32. The molecular weight excluding hydrogens is 464 g/mol. The van der Waals surface area contributed by atoms with E-state index in [-0.39, 0.29) is 35.9 Å². The van der Waals surface area contributed by atoms with Crippen molar-refractivity contribution in [3.05, 3.63) is 95.6 Å². The molecule has 0 radical (unpaired) electrons. The fourth-order valence-electron chi connectivity index (χ4n) is 5.12. The van der Waals surface area contributed by atoms with Gasteiger partial charge in [-0.1, -0.05) is 24.3 Å². The Morgan fingerprint density at radius 1 is 0.778 bits per heavy atom. The van der Waals surface area contributed by atoms with Crippen molar-refractivity contribution in [3.8, 4) is 5.75 Å². The molecule has 0 unspecified atom stereocenters. The van der Waals surface area contributed by atoms with Crippen LogP contribution in [-0.4, -0.2) is 60.9 Å². The van der Waals surface area contributed by atoms with Gasteiger partial charge in [-0.3, -0.25) is 19.4 Å². The molecule has 5 rings (SSSR count). The maximum Gasteiger partial charge on any atom is 0.251 e. The van der Waals surface area contributed by atoms with E-state index in [1.807, 2.05) is 0 Å². The summed E-state index contributed by atoms with van der Waals surface area (Å²) >= 11 is 0. The Bertz CT molecular complexity index is 1180. The molecule has 0 saturated carbocycles. The molecule has 2 fully saturated rings. The second-order valence-electron chi connectivity index (χ2n) is 9.06. The molecule has 2 saturated heterocycles. The molecule has 0 aliphatic carbocycles. The number of rotatable bonds is 6. The Balaban J connectivity index is 1.31. The second-order valence-corrected chi connectivity index (χ2v) is 9.06. The van der Waals surface area contributed by atoms with Gasteiger partial charge in [0.05, 0.1) is 31.3 Å². The van der Waals surface area contributed by atoms with Gasteiger partial charge in [0.15, 0.2) is 0 Å². The van der Waals surface area contributed by atoms with Crippen molar-refractivity contribution in [2.24, 2.45) is 0 Å². The SMILES string of the molecule is COc1ccc(N2C(=O)C[C@@H](N3CCN(C(c4ccc(F)cc4)c4ccc(F)cc4)CC3)C2=O)cc1. The summed E-state index contributed by atoms with van der Waals surface area (Å²) in [6.45, 7) is 2.47. The monoisotopic (exact) mass is 491 g/mol. The number of hydrogen-bond acceptors (Lipinski definition) is 5. The molecule has 2 aliphatic rings. The van der Waals surface area contributed by atoms with Gasteiger partial charge in [-0.2, -0.15) is 0 Å². The number of piperazine rings is 1. The minimum atomic E-state index is -0.503. The van der Waals surface area contributed by atoms with E-state index in [4.69, 9.17) is 4.74 Å². The second kappa shape index (κ2) is 10.2. The molecule has 2 aliphatic heterocycles. The zero-order valence-corrected chi connectivity index (χ0v) is 19.9. The van der Waals surface area contributed by atoms with Crippen molar-refractivity contribution in [3.63, 3.8) is 0 Å². The van der Waals surface area contributed by atoms with Crippen LogP contribution < -0.4 is 9.64 Å². The minimum absolute atomic E-state index is 0.143. The van der Waals surface area contributed by atoms with E-state index in [2.05, 4.69) is 9.80 Å². The average Bonchev–Trinajstić information content (AvgIpc) is 3.20. The molecule has 36 heavy (non-hydrogen) atoms. The zero-order chi connectivity index (χ0) is 25.2. The van der Waals surface area contributed by atoms with Crippen LogP contribution in [0.25, 0.3) is 0 Å². The number of halogens is 2. The quantitative estimate of drug-likeness (QED) is 0.488. The summed E-state index contributed by atoms with van der Waals surface area (Å²) in [5, 5.41) is 0. The van der Waals surface area contributed by atoms with Crippen LogP contribution in [0.5, 0.6) is 5.75 Å². The predicted molar refractivity (Wildman–Crippen MR) is 132 cm³/mol. The summed E-state index contributed by atoms with van der Waals surface area (Å²) in [7, 11) is 1.56. The number of imide groups is 1. The van der Waals surface area contributed by atoms with E-state index >= 15 is 0 Å². The Kier molecular flexibility index (Phi) is 6.80. The van der Waals surface area contributed by atoms with Gasteiger partial charge in [0.25, 0.3) is 5.91 Å². The fraction of sp³-hybridized carbons (Fsp3) is 0.286. The number of ether oxygens (including phenoxy) is 1. The largest absolute Gasteiger partial charge is 0.497 e. The van der Waals surface area contributed by atoms with Gasteiger partial charge < -0.3 is 4.74 Å². The molecule has 6 nitrogen and oxygen atoms in total. The van der Waals surface area contributed by atoms with Crippen LogP contribution in [0.2, 0.25) is 0 Å². The Labute approximate surface area is 208 Å². The summed E-state index contributed by atoms with van der Waals surface area (Å²) in [5.74, 6) is -0.401. The van der Waals surface area contributed by atoms with Crippen molar-refractivity contribution in [2.45, 2.75) is 18.5 Å². The number of hydrogen-bond donors (Lipinski definition) is 0. The maximum atomic E-state index is 13.6. The molecule has 186 valence electrons. The van der Waals surface area contributed by atoms with Gasteiger partial charge >= 0.3 is 0 Å². The first-order chi connectivity index (χ1) is 17.4. The highest BCUT2D eigenvalue weighted by atomic mass is 19.1. The lowest BCUT2D eigenvalue weighted by Gasteiger charge is -2.41. The van der Waals surface area contributed by atoms with Crippen LogP contribution in [0.1, 0.15) is 23.6 Å². The van der Waals surface area contributed by atoms with Gasteiger partial charge in [0.1, 0.15) is 17.4 Å². The third-order valence-electron chi connectivity index (χ3n) is 6.98. The van der Waals surface area contributed by atoms with Gasteiger partial charge in [-0.05, 0) is 59.7 Å². The van der Waals surface area contributed by atoms with Gasteiger partial charge in [-0.15, -0.1) is 0 Å². The zero-order valence-electron chi connectivity index (χ0n) is 19.9. The summed E-state index contributed by atoms with van der Waals surface area (Å²) in [4.78, 5) is 31.6. The van der Waals surface area contributed by atoms with Crippen molar-refractivity contribution in [1.29, 1.82) is 0 Å². The molecule has 3 aromatic carbocycles. The number of carbonyl (C=O) groups excluding carboxylic acids is 2. The van der Waals surface area contributed by atoms with E-state index in [1.165, 1.54) is 29.2 Å². The Morgan fingerprint density at radius 2 is 1.31 bits per heavy atom. The topological polar surface area (TPSA) is 53.1 Å². The van der Waals surface area contributed by atoms with E-state index in [1.54, 1.807) is 55.6 Å². The molecule has 0 bridgehead atoms. The average molecular weight is 492 g/mol. The fourth-order valence-corrected chi connectivity index (χ4v) is 5.12. The lowest BCUT2D eigenvalue weighted by atomic mass is 9.96. The van der Waals surface area contributed by atoms with Crippen LogP contribution in [0, 0.1) is 11.6 Å². The predicted octanol–water partition coefficient (Wildman–Crippen LogP) is 4.01. The van der Waals surface area contributed by atoms with Crippen molar-refractivity contribution >= 4 is 17.5 Å². The van der Waals surface area contributed by atoms with Gasteiger partial charge in [0.2, 0.25) is 5.91 Å². The number of amides is 2. The first-order valence-electron chi connectivity index (χ1n) is 11.9. The molecule has 1 atom stereocenters. The molecule has 0 N–H and O–H groups in total. The molecule has 0 aromatic heterocycles. The Morgan fingerprint density at radius 3 is 1.81 bits per heavy atom. The van der Waals surface area contributed by atoms with Crippen LogP contribution in [-0.2, 0) is 9.59 Å². The smallest absolute Gasteiger partial charge is 0.251 e. The van der Waals surface area contributed by atoms with Gasteiger partial charge in [-0.25, -0.2) is 13.7 Å². The lowest BCUT2D eigenvalue weighted by molar-refractivity contribution is -0.123. The molecule has 2 heterocycles. The highest BCUT2D eigenvalue weighted by molar-refractivity contribution is 6.22. The molecule has 2 amide bonds. The van der Waals surface area contributed by atoms with E-state index in [0.717, 1.165) is 11.1 Å². The normalized spacial score (nSPS) is 19.3. The summed E-state index contributed by atoms with van der Waals surface area (Å²) in [5.41, 5.74) is 2.36. The number of benzene rings is 3. The van der Waals surface area contributed by atoms with Crippen LogP contribution in [0.3, 0.4) is 0 Å². The summed E-state index contributed by atoms with van der Waals surface area (Å²) in [6.07, 6.45) is 0.143. The molecular formula is C28H27F2N3O3. The van der Waals surface area contributed by atoms with E-state index < -0.39 is 6.04 Å². The van der Waals surface area contributed by atoms with Crippen LogP contribution in [0.15, 0.2) is 72.8 Å². The minimum Gasteiger partial charge on any atom is -0.497 e. The van der Waals surface area contributed by atoms with Crippen molar-refractivity contribution < 1.29 is 23.1 Å². The summed E-state index contributed by atoms with van der Waals surface area (Å²) < 4.78 is 32.4. The molecule has 8 heteroatoms. The summed E-state index contributed by atoms with van der Waals surface area (Å²) in [6, 6.07) is 18.9. The maximum absolute atomic E-state index is 13.6. The number of methoxy groups -OCH3 is 1. The highest BCUT2D eigenvalue weighted by Gasteiger charge is 2.43. The lowest BCUT2D eigenvalue weighted by Crippen LogP contribution is -2.53. The number of anilines is 1. The number of carbonyl (C=O) groups is 2. The first kappa shape index (κ1) is 24.1. The van der Waals surface area contributed by atoms with Crippen LogP contribution in [0.4, 0.5) is 14.5 Å². The van der Waals surface area contributed by atoms with Crippen LogP contribution >= 0.6 is 0 Å². The molecule has 3 aromatic rings. The van der Waals surface area contributed by atoms with E-state index in [0.29, 0.717) is 37.6 Å². The first-order valence-corrected chi connectivity index (χ1v) is 11.9. The third kappa shape index (κ3) is 4.74. The van der Waals surface area contributed by atoms with E-state index in [9.17, 15) is 18.4 Å². The van der Waals surface area contributed by atoms with Gasteiger partial charge in [0, 0.05) is 26.2 Å². The van der Waals surface area contributed by atoms with Crippen molar-refractivity contribution in [1.82, 2.24) is 9.80 Å². The standard InChI is InChI=1S/C28H27F2N3O3/c1-36-24-12-10-23(11-13-24)33-26(34)18-25(28(33)35)31-14-16-32(17-15-31)27(19-2-6-21(29)7-3-19)20-4-8-22(30)9-5-20/h2-13,25,27H,14-18H2,1H3/t25-/m1/s1. The Hall–Kier alpha value is -3.62. The van der Waals surface area contributed by atoms with Crippen molar-refractivity contribution in [2.75, 3.05) is 38.2 Å². The molecule has 0 spiro atoms.